The van der Waals surface area contributed by atoms with E-state index in [9.17, 15) is 8.42 Å². The van der Waals surface area contributed by atoms with E-state index in [1.807, 2.05) is 31.2 Å². The van der Waals surface area contributed by atoms with E-state index in [1.165, 1.54) is 0 Å². The molecule has 1 aromatic rings. The number of methoxy groups -OCH3 is 1. The molecule has 4 nitrogen and oxygen atoms in total. The molecular formula is C12H19NO3S. The zero-order chi connectivity index (χ0) is 12.7. The molecule has 0 aromatic heterocycles. The van der Waals surface area contributed by atoms with Gasteiger partial charge >= 0.3 is 0 Å². The highest BCUT2D eigenvalue weighted by atomic mass is 32.2. The largest absolute Gasteiger partial charge is 0.497 e. The lowest BCUT2D eigenvalue weighted by atomic mass is 10.3. The summed E-state index contributed by atoms with van der Waals surface area (Å²) in [5, 5.41) is 3.08. The van der Waals surface area contributed by atoms with Gasteiger partial charge in [-0.1, -0.05) is 6.92 Å². The van der Waals surface area contributed by atoms with Crippen LogP contribution >= 0.6 is 0 Å². The molecule has 1 rings (SSSR count). The molecule has 0 spiro atoms. The van der Waals surface area contributed by atoms with Crippen molar-refractivity contribution in [1.82, 2.24) is 0 Å². The molecule has 5 heteroatoms. The van der Waals surface area contributed by atoms with Crippen molar-refractivity contribution in [3.8, 4) is 5.75 Å². The van der Waals surface area contributed by atoms with Gasteiger partial charge in [-0.3, -0.25) is 0 Å². The first-order valence-electron chi connectivity index (χ1n) is 5.66. The predicted octanol–water partition coefficient (Wildman–Crippen LogP) is 1.93. The normalized spacial score (nSPS) is 11.2. The first-order chi connectivity index (χ1) is 8.07. The molecule has 96 valence electrons. The molecule has 0 atom stereocenters. The highest BCUT2D eigenvalue weighted by Gasteiger charge is 2.08. The summed E-state index contributed by atoms with van der Waals surface area (Å²) in [7, 11) is -1.29. The highest BCUT2D eigenvalue weighted by molar-refractivity contribution is 7.91. The average Bonchev–Trinajstić information content (AvgIpc) is 2.29. The third-order valence-electron chi connectivity index (χ3n) is 2.35. The van der Waals surface area contributed by atoms with Gasteiger partial charge in [0.25, 0.3) is 0 Å². The number of sulfone groups is 1. The molecule has 0 amide bonds. The van der Waals surface area contributed by atoms with Crippen molar-refractivity contribution in [2.45, 2.75) is 13.3 Å². The van der Waals surface area contributed by atoms with Crippen LogP contribution in [0.2, 0.25) is 0 Å². The lowest BCUT2D eigenvalue weighted by Crippen LogP contribution is -2.18. The van der Waals surface area contributed by atoms with Gasteiger partial charge in [0, 0.05) is 18.0 Å². The Kier molecular flexibility index (Phi) is 5.28. The third-order valence-corrected chi connectivity index (χ3v) is 4.20. The summed E-state index contributed by atoms with van der Waals surface area (Å²) < 4.78 is 28.0. The van der Waals surface area contributed by atoms with Crippen molar-refractivity contribution in [3.05, 3.63) is 24.3 Å². The Morgan fingerprint density at radius 2 is 1.82 bits per heavy atom. The molecular weight excluding hydrogens is 238 g/mol. The molecule has 0 radical (unpaired) electrons. The van der Waals surface area contributed by atoms with Gasteiger partial charge in [-0.15, -0.1) is 0 Å². The summed E-state index contributed by atoms with van der Waals surface area (Å²) >= 11 is 0. The maximum atomic E-state index is 11.5. The minimum atomic E-state index is -2.90. The van der Waals surface area contributed by atoms with Crippen LogP contribution in [0, 0.1) is 0 Å². The summed E-state index contributed by atoms with van der Waals surface area (Å²) in [6.07, 6.45) is 0.671. The molecule has 0 unspecified atom stereocenters. The Labute approximate surface area is 103 Å². The van der Waals surface area contributed by atoms with E-state index in [1.54, 1.807) is 7.11 Å². The van der Waals surface area contributed by atoms with Crippen LogP contribution in [0.1, 0.15) is 13.3 Å². The number of anilines is 1. The van der Waals surface area contributed by atoms with Crippen molar-refractivity contribution < 1.29 is 13.2 Å². The van der Waals surface area contributed by atoms with E-state index in [2.05, 4.69) is 5.32 Å². The molecule has 0 saturated heterocycles. The Morgan fingerprint density at radius 3 is 2.35 bits per heavy atom. The first kappa shape index (κ1) is 13.8. The lowest BCUT2D eigenvalue weighted by Gasteiger charge is -2.07. The summed E-state index contributed by atoms with van der Waals surface area (Å²) in [5.74, 6) is 1.22. The van der Waals surface area contributed by atoms with E-state index in [0.29, 0.717) is 13.0 Å². The molecule has 0 aliphatic carbocycles. The Morgan fingerprint density at radius 1 is 1.18 bits per heavy atom. The monoisotopic (exact) mass is 257 g/mol. The van der Waals surface area contributed by atoms with Crippen molar-refractivity contribution in [3.63, 3.8) is 0 Å². The Bertz CT molecular complexity index is 426. The summed E-state index contributed by atoms with van der Waals surface area (Å²) in [6.45, 7) is 2.31. The van der Waals surface area contributed by atoms with Crippen LogP contribution in [-0.2, 0) is 9.84 Å². The number of hydrogen-bond donors (Lipinski definition) is 1. The molecule has 0 aliphatic rings. The molecule has 0 bridgehead atoms. The van der Waals surface area contributed by atoms with Gasteiger partial charge in [0.05, 0.1) is 12.9 Å². The van der Waals surface area contributed by atoms with E-state index in [-0.39, 0.29) is 11.5 Å². The molecule has 1 aromatic carbocycles. The zero-order valence-corrected chi connectivity index (χ0v) is 11.1. The van der Waals surface area contributed by atoms with Gasteiger partial charge in [-0.05, 0) is 30.7 Å². The topological polar surface area (TPSA) is 55.4 Å². The summed E-state index contributed by atoms with van der Waals surface area (Å²) in [6, 6.07) is 7.41. The fourth-order valence-corrected chi connectivity index (χ4v) is 2.71. The van der Waals surface area contributed by atoms with Gasteiger partial charge in [0.2, 0.25) is 0 Å². The van der Waals surface area contributed by atoms with E-state index < -0.39 is 9.84 Å². The number of nitrogens with one attached hydrogen (secondary N) is 1. The predicted molar refractivity (Wildman–Crippen MR) is 70.4 cm³/mol. The maximum absolute atomic E-state index is 11.5. The standard InChI is InChI=1S/C12H19NO3S/c1-3-9-17(14,15)10-8-13-11-4-6-12(16-2)7-5-11/h4-7,13H,3,8-10H2,1-2H3. The zero-order valence-electron chi connectivity index (χ0n) is 10.3. The molecule has 17 heavy (non-hydrogen) atoms. The minimum Gasteiger partial charge on any atom is -0.497 e. The van der Waals surface area contributed by atoms with Gasteiger partial charge < -0.3 is 10.1 Å². The lowest BCUT2D eigenvalue weighted by molar-refractivity contribution is 0.415. The van der Waals surface area contributed by atoms with Crippen molar-refractivity contribution in [2.75, 3.05) is 30.5 Å². The fourth-order valence-electron chi connectivity index (χ4n) is 1.47. The Hall–Kier alpha value is -1.23. The summed E-state index contributed by atoms with van der Waals surface area (Å²) in [4.78, 5) is 0. The number of ether oxygens (including phenoxy) is 1. The minimum absolute atomic E-state index is 0.173. The van der Waals surface area contributed by atoms with Crippen molar-refractivity contribution >= 4 is 15.5 Å². The van der Waals surface area contributed by atoms with Crippen LogP contribution in [0.15, 0.2) is 24.3 Å². The third kappa shape index (κ3) is 5.08. The quantitative estimate of drug-likeness (QED) is 0.811. The molecule has 0 fully saturated rings. The highest BCUT2D eigenvalue weighted by Crippen LogP contribution is 2.14. The second-order valence-electron chi connectivity index (χ2n) is 3.81. The second kappa shape index (κ2) is 6.49. The molecule has 1 N–H and O–H groups in total. The van der Waals surface area contributed by atoms with Gasteiger partial charge in [0.15, 0.2) is 9.84 Å². The number of hydrogen-bond acceptors (Lipinski definition) is 4. The van der Waals surface area contributed by atoms with Crippen LogP contribution in [0.25, 0.3) is 0 Å². The smallest absolute Gasteiger partial charge is 0.152 e. The van der Waals surface area contributed by atoms with Crippen LogP contribution < -0.4 is 10.1 Å². The van der Waals surface area contributed by atoms with Crippen LogP contribution in [0.3, 0.4) is 0 Å². The number of rotatable bonds is 7. The second-order valence-corrected chi connectivity index (χ2v) is 6.11. The van der Waals surface area contributed by atoms with Crippen LogP contribution in [0.4, 0.5) is 5.69 Å². The summed E-state index contributed by atoms with van der Waals surface area (Å²) in [5.41, 5.74) is 0.900. The Balaban J connectivity index is 2.40. The molecule has 0 aliphatic heterocycles. The van der Waals surface area contributed by atoms with Gasteiger partial charge in [0.1, 0.15) is 5.75 Å². The van der Waals surface area contributed by atoms with E-state index in [0.717, 1.165) is 11.4 Å². The molecule has 0 saturated carbocycles. The average molecular weight is 257 g/mol. The van der Waals surface area contributed by atoms with Crippen molar-refractivity contribution in [2.24, 2.45) is 0 Å². The van der Waals surface area contributed by atoms with Gasteiger partial charge in [-0.2, -0.15) is 0 Å². The van der Waals surface area contributed by atoms with Crippen LogP contribution in [0.5, 0.6) is 5.75 Å². The van der Waals surface area contributed by atoms with Crippen LogP contribution in [-0.4, -0.2) is 33.6 Å². The molecule has 0 heterocycles. The first-order valence-corrected chi connectivity index (χ1v) is 7.48. The van der Waals surface area contributed by atoms with E-state index >= 15 is 0 Å². The fraction of sp³-hybridized carbons (Fsp3) is 0.500. The van der Waals surface area contributed by atoms with Crippen molar-refractivity contribution in [1.29, 1.82) is 0 Å². The maximum Gasteiger partial charge on any atom is 0.152 e. The number of benzene rings is 1. The van der Waals surface area contributed by atoms with E-state index in [4.69, 9.17) is 4.74 Å². The SMILES string of the molecule is CCCS(=O)(=O)CCNc1ccc(OC)cc1. The van der Waals surface area contributed by atoms with Gasteiger partial charge in [-0.25, -0.2) is 8.42 Å².